The molecule has 1 aliphatic heterocycles. The van der Waals surface area contributed by atoms with Gasteiger partial charge in [0.25, 0.3) is 0 Å². The zero-order valence-corrected chi connectivity index (χ0v) is 12.3. The number of rotatable bonds is 3. The second kappa shape index (κ2) is 4.92. The van der Waals surface area contributed by atoms with E-state index in [0.29, 0.717) is 17.7 Å². The maximum Gasteiger partial charge on any atom is 0.317 e. The van der Waals surface area contributed by atoms with Crippen molar-refractivity contribution in [3.8, 4) is 16.6 Å². The van der Waals surface area contributed by atoms with Gasteiger partial charge in [-0.2, -0.15) is 4.98 Å². The van der Waals surface area contributed by atoms with Gasteiger partial charge in [0.2, 0.25) is 0 Å². The standard InChI is InChI=1S/C14H16N4O2S/c15-12-17-7-11(21-12)10-2-6-16-13(18-10)20-9-1-3-14(4-5-14)19-8-9/h2,6-7,9H,1,3-5,8H2,(H2,15,17)/t9-/m1/s1. The third kappa shape index (κ3) is 2.71. The van der Waals surface area contributed by atoms with Gasteiger partial charge in [0, 0.05) is 12.4 Å². The summed E-state index contributed by atoms with van der Waals surface area (Å²) in [4.78, 5) is 13.6. The molecule has 1 aliphatic carbocycles. The molecule has 110 valence electrons. The van der Waals surface area contributed by atoms with E-state index in [0.717, 1.165) is 23.4 Å². The Kier molecular flexibility index (Phi) is 3.04. The van der Waals surface area contributed by atoms with Gasteiger partial charge in [-0.3, -0.25) is 0 Å². The molecule has 1 saturated carbocycles. The van der Waals surface area contributed by atoms with Gasteiger partial charge >= 0.3 is 6.01 Å². The first-order valence-electron chi connectivity index (χ1n) is 7.08. The molecule has 4 rings (SSSR count). The van der Waals surface area contributed by atoms with Crippen molar-refractivity contribution in [2.24, 2.45) is 0 Å². The zero-order chi connectivity index (χ0) is 14.3. The molecule has 0 aromatic carbocycles. The molecule has 0 radical (unpaired) electrons. The van der Waals surface area contributed by atoms with Gasteiger partial charge in [-0.25, -0.2) is 9.97 Å². The fourth-order valence-corrected chi connectivity index (χ4v) is 3.22. The number of ether oxygens (including phenoxy) is 2. The first kappa shape index (κ1) is 13.0. The first-order valence-corrected chi connectivity index (χ1v) is 7.89. The Labute approximate surface area is 126 Å². The van der Waals surface area contributed by atoms with Crippen molar-refractivity contribution in [1.82, 2.24) is 15.0 Å². The molecule has 1 spiro atoms. The van der Waals surface area contributed by atoms with Crippen LogP contribution in [0.2, 0.25) is 0 Å². The largest absolute Gasteiger partial charge is 0.458 e. The molecule has 0 amide bonds. The molecular formula is C14H16N4O2S. The highest BCUT2D eigenvalue weighted by Gasteiger charge is 2.47. The van der Waals surface area contributed by atoms with Crippen LogP contribution in [0.3, 0.4) is 0 Å². The van der Waals surface area contributed by atoms with Gasteiger partial charge in [-0.15, -0.1) is 0 Å². The SMILES string of the molecule is Nc1ncc(-c2ccnc(O[C@@H]3CCC4(CC4)OC3)n2)s1. The molecule has 1 atom stereocenters. The van der Waals surface area contributed by atoms with Crippen LogP contribution in [0.25, 0.3) is 10.6 Å². The van der Waals surface area contributed by atoms with Crippen molar-refractivity contribution in [3.63, 3.8) is 0 Å². The normalized spacial score (nSPS) is 23.1. The summed E-state index contributed by atoms with van der Waals surface area (Å²) in [5.74, 6) is 0. The number of nitrogens with two attached hydrogens (primary N) is 1. The van der Waals surface area contributed by atoms with E-state index in [1.54, 1.807) is 12.4 Å². The van der Waals surface area contributed by atoms with Crippen LogP contribution in [0, 0.1) is 0 Å². The predicted octanol–water partition coefficient (Wildman–Crippen LogP) is 2.27. The lowest BCUT2D eigenvalue weighted by molar-refractivity contribution is -0.0632. The van der Waals surface area contributed by atoms with Gasteiger partial charge in [-0.1, -0.05) is 11.3 Å². The maximum absolute atomic E-state index is 5.87. The number of hydrogen-bond acceptors (Lipinski definition) is 7. The lowest BCUT2D eigenvalue weighted by Crippen LogP contribution is -2.34. The average Bonchev–Trinajstić information content (AvgIpc) is 3.12. The van der Waals surface area contributed by atoms with E-state index in [9.17, 15) is 0 Å². The summed E-state index contributed by atoms with van der Waals surface area (Å²) < 4.78 is 11.7. The van der Waals surface area contributed by atoms with E-state index in [1.807, 2.05) is 6.07 Å². The fraction of sp³-hybridized carbons (Fsp3) is 0.500. The van der Waals surface area contributed by atoms with Gasteiger partial charge in [-0.05, 0) is 31.7 Å². The van der Waals surface area contributed by atoms with Crippen LogP contribution in [0.15, 0.2) is 18.5 Å². The van der Waals surface area contributed by atoms with Crippen LogP contribution in [0.4, 0.5) is 5.13 Å². The second-order valence-electron chi connectivity index (χ2n) is 5.56. The first-order chi connectivity index (χ1) is 10.2. The molecular weight excluding hydrogens is 288 g/mol. The minimum absolute atomic E-state index is 0.0398. The molecule has 2 aromatic rings. The van der Waals surface area contributed by atoms with E-state index in [1.165, 1.54) is 24.2 Å². The van der Waals surface area contributed by atoms with Crippen molar-refractivity contribution in [3.05, 3.63) is 18.5 Å². The molecule has 2 N–H and O–H groups in total. The second-order valence-corrected chi connectivity index (χ2v) is 6.62. The highest BCUT2D eigenvalue weighted by molar-refractivity contribution is 7.18. The molecule has 0 bridgehead atoms. The van der Waals surface area contributed by atoms with E-state index in [2.05, 4.69) is 15.0 Å². The summed E-state index contributed by atoms with van der Waals surface area (Å²) >= 11 is 1.40. The highest BCUT2D eigenvalue weighted by atomic mass is 32.1. The van der Waals surface area contributed by atoms with Gasteiger partial charge < -0.3 is 15.2 Å². The lowest BCUT2D eigenvalue weighted by Gasteiger charge is -2.28. The minimum Gasteiger partial charge on any atom is -0.458 e. The third-order valence-corrected chi connectivity index (χ3v) is 4.84. The lowest BCUT2D eigenvalue weighted by atomic mass is 10.1. The van der Waals surface area contributed by atoms with Crippen LogP contribution in [0.1, 0.15) is 25.7 Å². The van der Waals surface area contributed by atoms with Crippen molar-refractivity contribution in [2.75, 3.05) is 12.3 Å². The Balaban J connectivity index is 1.45. The van der Waals surface area contributed by atoms with E-state index in [-0.39, 0.29) is 11.7 Å². The van der Waals surface area contributed by atoms with Crippen molar-refractivity contribution in [2.45, 2.75) is 37.4 Å². The number of nitrogens with zero attached hydrogens (tertiary/aromatic N) is 3. The number of aromatic nitrogens is 3. The number of thiazole rings is 1. The summed E-state index contributed by atoms with van der Waals surface area (Å²) in [6, 6.07) is 2.22. The van der Waals surface area contributed by atoms with Crippen LogP contribution in [-0.4, -0.2) is 33.3 Å². The van der Waals surface area contributed by atoms with Crippen molar-refractivity contribution in [1.29, 1.82) is 0 Å². The molecule has 2 aliphatic rings. The van der Waals surface area contributed by atoms with Crippen LogP contribution in [-0.2, 0) is 4.74 Å². The summed E-state index contributed by atoms with van der Waals surface area (Å²) in [5, 5.41) is 0.529. The minimum atomic E-state index is 0.0398. The van der Waals surface area contributed by atoms with E-state index < -0.39 is 0 Å². The maximum atomic E-state index is 5.87. The van der Waals surface area contributed by atoms with E-state index in [4.69, 9.17) is 15.2 Å². The predicted molar refractivity (Wildman–Crippen MR) is 79.1 cm³/mol. The smallest absolute Gasteiger partial charge is 0.317 e. The highest BCUT2D eigenvalue weighted by Crippen LogP contribution is 2.46. The van der Waals surface area contributed by atoms with Crippen LogP contribution < -0.4 is 10.5 Å². The Hall–Kier alpha value is -1.73. The molecule has 0 unspecified atom stereocenters. The summed E-state index contributed by atoms with van der Waals surface area (Å²) in [6.45, 7) is 0.626. The quantitative estimate of drug-likeness (QED) is 0.936. The summed E-state index contributed by atoms with van der Waals surface area (Å²) in [5.41, 5.74) is 6.62. The molecule has 7 heteroatoms. The molecule has 2 fully saturated rings. The molecule has 2 aromatic heterocycles. The molecule has 6 nitrogen and oxygen atoms in total. The van der Waals surface area contributed by atoms with Crippen LogP contribution in [0.5, 0.6) is 6.01 Å². The Morgan fingerprint density at radius 1 is 1.33 bits per heavy atom. The average molecular weight is 304 g/mol. The van der Waals surface area contributed by atoms with Gasteiger partial charge in [0.1, 0.15) is 6.10 Å². The number of hydrogen-bond donors (Lipinski definition) is 1. The van der Waals surface area contributed by atoms with Gasteiger partial charge in [0.05, 0.1) is 22.8 Å². The monoisotopic (exact) mass is 304 g/mol. The molecule has 21 heavy (non-hydrogen) atoms. The molecule has 3 heterocycles. The van der Waals surface area contributed by atoms with Crippen LogP contribution >= 0.6 is 11.3 Å². The zero-order valence-electron chi connectivity index (χ0n) is 11.5. The topological polar surface area (TPSA) is 83.2 Å². The summed E-state index contributed by atoms with van der Waals surface area (Å²) in [6.07, 6.45) is 7.91. The number of anilines is 1. The number of nitrogen functional groups attached to an aromatic ring is 1. The van der Waals surface area contributed by atoms with Crippen molar-refractivity contribution >= 4 is 16.5 Å². The van der Waals surface area contributed by atoms with Crippen molar-refractivity contribution < 1.29 is 9.47 Å². The van der Waals surface area contributed by atoms with E-state index >= 15 is 0 Å². The Morgan fingerprint density at radius 2 is 2.24 bits per heavy atom. The Bertz CT molecular complexity index is 646. The fourth-order valence-electron chi connectivity index (χ4n) is 2.57. The Morgan fingerprint density at radius 3 is 2.90 bits per heavy atom. The summed E-state index contributed by atoms with van der Waals surface area (Å²) in [7, 11) is 0. The molecule has 1 saturated heterocycles. The van der Waals surface area contributed by atoms with Gasteiger partial charge in [0.15, 0.2) is 5.13 Å². The third-order valence-electron chi connectivity index (χ3n) is 3.99.